The summed E-state index contributed by atoms with van der Waals surface area (Å²) < 4.78 is 2.07. The Balaban J connectivity index is 2.05. The molecule has 0 radical (unpaired) electrons. The van der Waals surface area contributed by atoms with E-state index in [9.17, 15) is 0 Å². The molecule has 1 unspecified atom stereocenters. The molecular formula is C10H15N3. The average Bonchev–Trinajstić information content (AvgIpc) is 2.61. The predicted molar refractivity (Wildman–Crippen MR) is 52.1 cm³/mol. The van der Waals surface area contributed by atoms with E-state index in [2.05, 4.69) is 15.6 Å². The molecule has 2 rings (SSSR count). The first-order valence-corrected chi connectivity index (χ1v) is 4.76. The topological polar surface area (TPSA) is 43.8 Å². The van der Waals surface area contributed by atoms with Gasteiger partial charge in [-0.3, -0.25) is 0 Å². The van der Waals surface area contributed by atoms with Gasteiger partial charge in [0.15, 0.2) is 0 Å². The van der Waals surface area contributed by atoms with Crippen LogP contribution in [-0.2, 0) is 6.54 Å². The van der Waals surface area contributed by atoms with Gasteiger partial charge in [-0.2, -0.15) is 0 Å². The molecule has 0 bridgehead atoms. The number of hydrogen-bond donors (Lipinski definition) is 1. The van der Waals surface area contributed by atoms with Crippen molar-refractivity contribution in [3.05, 3.63) is 30.4 Å². The summed E-state index contributed by atoms with van der Waals surface area (Å²) in [6, 6.07) is 0.260. The van der Waals surface area contributed by atoms with E-state index in [0.717, 1.165) is 13.0 Å². The fourth-order valence-electron chi connectivity index (χ4n) is 1.73. The van der Waals surface area contributed by atoms with E-state index in [1.807, 2.05) is 12.5 Å². The molecule has 0 amide bonds. The Morgan fingerprint density at radius 2 is 2.54 bits per heavy atom. The van der Waals surface area contributed by atoms with Crippen molar-refractivity contribution in [2.75, 3.05) is 0 Å². The third-order valence-corrected chi connectivity index (χ3v) is 2.53. The third kappa shape index (κ3) is 1.98. The van der Waals surface area contributed by atoms with Crippen molar-refractivity contribution in [3.8, 4) is 0 Å². The summed E-state index contributed by atoms with van der Waals surface area (Å²) in [5.41, 5.74) is 7.34. The molecule has 0 spiro atoms. The number of allylic oxidation sites excluding steroid dienone is 1. The normalized spacial score (nSPS) is 22.8. The third-order valence-electron chi connectivity index (χ3n) is 2.53. The minimum Gasteiger partial charge on any atom is -0.333 e. The highest BCUT2D eigenvalue weighted by molar-refractivity contribution is 5.13. The van der Waals surface area contributed by atoms with Crippen molar-refractivity contribution in [2.24, 2.45) is 5.73 Å². The fraction of sp³-hybridized carbons (Fsp3) is 0.500. The molecule has 0 aliphatic heterocycles. The van der Waals surface area contributed by atoms with E-state index < -0.39 is 0 Å². The molecule has 1 aliphatic carbocycles. The molecule has 13 heavy (non-hydrogen) atoms. The van der Waals surface area contributed by atoms with Crippen molar-refractivity contribution >= 4 is 0 Å². The molecule has 1 heterocycles. The van der Waals surface area contributed by atoms with Gasteiger partial charge in [-0.05, 0) is 24.8 Å². The summed E-state index contributed by atoms with van der Waals surface area (Å²) in [6.45, 7) is 0.904. The number of nitrogens with zero attached hydrogens (tertiary/aromatic N) is 2. The van der Waals surface area contributed by atoms with Crippen LogP contribution in [0.15, 0.2) is 30.4 Å². The number of rotatable bonds is 2. The molecule has 70 valence electrons. The average molecular weight is 177 g/mol. The summed E-state index contributed by atoms with van der Waals surface area (Å²) in [5, 5.41) is 0. The molecule has 0 saturated carbocycles. The summed E-state index contributed by atoms with van der Waals surface area (Å²) in [6.07, 6.45) is 11.4. The van der Waals surface area contributed by atoms with Crippen LogP contribution < -0.4 is 5.73 Å². The molecule has 1 aliphatic rings. The van der Waals surface area contributed by atoms with Gasteiger partial charge < -0.3 is 10.3 Å². The van der Waals surface area contributed by atoms with Gasteiger partial charge in [0.2, 0.25) is 0 Å². The lowest BCUT2D eigenvalue weighted by Crippen LogP contribution is -2.27. The van der Waals surface area contributed by atoms with Gasteiger partial charge in [-0.1, -0.05) is 6.08 Å². The van der Waals surface area contributed by atoms with E-state index >= 15 is 0 Å². The summed E-state index contributed by atoms with van der Waals surface area (Å²) >= 11 is 0. The highest BCUT2D eigenvalue weighted by atomic mass is 15.0. The Morgan fingerprint density at radius 3 is 3.23 bits per heavy atom. The second kappa shape index (κ2) is 3.75. The summed E-state index contributed by atoms with van der Waals surface area (Å²) in [4.78, 5) is 4.01. The standard InChI is InChI=1S/C10H15N3/c11-10-4-2-1-3-9(10)7-13-6-5-12-8-13/h3,5-6,8,10H,1-2,4,7,11H2. The van der Waals surface area contributed by atoms with E-state index in [1.165, 1.54) is 18.4 Å². The highest BCUT2D eigenvalue weighted by Gasteiger charge is 2.12. The molecular weight excluding hydrogens is 162 g/mol. The predicted octanol–water partition coefficient (Wildman–Crippen LogP) is 1.32. The first-order chi connectivity index (χ1) is 6.36. The fourth-order valence-corrected chi connectivity index (χ4v) is 1.73. The number of hydrogen-bond acceptors (Lipinski definition) is 2. The maximum Gasteiger partial charge on any atom is 0.0948 e. The highest BCUT2D eigenvalue weighted by Crippen LogP contribution is 2.17. The van der Waals surface area contributed by atoms with E-state index in [0.29, 0.717) is 0 Å². The zero-order valence-corrected chi connectivity index (χ0v) is 7.69. The number of aromatic nitrogens is 2. The van der Waals surface area contributed by atoms with Gasteiger partial charge in [0.1, 0.15) is 0 Å². The molecule has 3 nitrogen and oxygen atoms in total. The van der Waals surface area contributed by atoms with Gasteiger partial charge in [0.25, 0.3) is 0 Å². The Bertz CT molecular complexity index is 287. The van der Waals surface area contributed by atoms with Gasteiger partial charge in [-0.25, -0.2) is 4.98 Å². The Kier molecular flexibility index (Phi) is 2.45. The second-order valence-corrected chi connectivity index (χ2v) is 3.55. The maximum atomic E-state index is 5.99. The Morgan fingerprint density at radius 1 is 1.62 bits per heavy atom. The van der Waals surface area contributed by atoms with Crippen LogP contribution in [-0.4, -0.2) is 15.6 Å². The van der Waals surface area contributed by atoms with Gasteiger partial charge in [0.05, 0.1) is 6.33 Å². The monoisotopic (exact) mass is 177 g/mol. The van der Waals surface area contributed by atoms with Crippen LogP contribution in [0.1, 0.15) is 19.3 Å². The largest absolute Gasteiger partial charge is 0.333 e. The van der Waals surface area contributed by atoms with Crippen LogP contribution in [0.2, 0.25) is 0 Å². The molecule has 2 N–H and O–H groups in total. The van der Waals surface area contributed by atoms with Crippen molar-refractivity contribution in [1.82, 2.24) is 9.55 Å². The van der Waals surface area contributed by atoms with Crippen molar-refractivity contribution < 1.29 is 0 Å². The lowest BCUT2D eigenvalue weighted by Gasteiger charge is -2.20. The number of imidazole rings is 1. The van der Waals surface area contributed by atoms with E-state index in [4.69, 9.17) is 5.73 Å². The lowest BCUT2D eigenvalue weighted by atomic mass is 9.95. The zero-order valence-electron chi connectivity index (χ0n) is 7.69. The van der Waals surface area contributed by atoms with Crippen LogP contribution in [0.4, 0.5) is 0 Å². The molecule has 0 fully saturated rings. The lowest BCUT2D eigenvalue weighted by molar-refractivity contribution is 0.574. The molecule has 0 saturated heterocycles. The summed E-state index contributed by atoms with van der Waals surface area (Å²) in [5.74, 6) is 0. The number of nitrogens with two attached hydrogens (primary N) is 1. The minimum atomic E-state index is 0.260. The maximum absolute atomic E-state index is 5.99. The van der Waals surface area contributed by atoms with Crippen LogP contribution >= 0.6 is 0 Å². The zero-order chi connectivity index (χ0) is 9.10. The summed E-state index contributed by atoms with van der Waals surface area (Å²) in [7, 11) is 0. The minimum absolute atomic E-state index is 0.260. The van der Waals surface area contributed by atoms with Crippen LogP contribution in [0, 0.1) is 0 Å². The smallest absolute Gasteiger partial charge is 0.0948 e. The molecule has 3 heteroatoms. The van der Waals surface area contributed by atoms with Gasteiger partial charge in [-0.15, -0.1) is 0 Å². The molecule has 0 aromatic carbocycles. The Labute approximate surface area is 78.3 Å². The van der Waals surface area contributed by atoms with E-state index in [-0.39, 0.29) is 6.04 Å². The molecule has 1 atom stereocenters. The molecule has 1 aromatic heterocycles. The van der Waals surface area contributed by atoms with Crippen molar-refractivity contribution in [1.29, 1.82) is 0 Å². The van der Waals surface area contributed by atoms with Crippen LogP contribution in [0.3, 0.4) is 0 Å². The van der Waals surface area contributed by atoms with Gasteiger partial charge in [0, 0.05) is 25.0 Å². The Hall–Kier alpha value is -1.09. The first-order valence-electron chi connectivity index (χ1n) is 4.76. The van der Waals surface area contributed by atoms with Crippen LogP contribution in [0.25, 0.3) is 0 Å². The van der Waals surface area contributed by atoms with E-state index in [1.54, 1.807) is 6.20 Å². The van der Waals surface area contributed by atoms with Crippen molar-refractivity contribution in [2.45, 2.75) is 31.8 Å². The first kappa shape index (κ1) is 8.51. The van der Waals surface area contributed by atoms with Gasteiger partial charge >= 0.3 is 0 Å². The molecule has 1 aromatic rings. The SMILES string of the molecule is NC1CCCC=C1Cn1ccnc1. The van der Waals surface area contributed by atoms with Crippen LogP contribution in [0.5, 0.6) is 0 Å². The second-order valence-electron chi connectivity index (χ2n) is 3.55. The quantitative estimate of drug-likeness (QED) is 0.692. The van der Waals surface area contributed by atoms with Crippen molar-refractivity contribution in [3.63, 3.8) is 0 Å².